The molecule has 4 rings (SSSR count). The molecule has 2 saturated carbocycles. The van der Waals surface area contributed by atoms with Crippen LogP contribution < -0.4 is 0 Å². The Morgan fingerprint density at radius 3 is 2.79 bits per heavy atom. The van der Waals surface area contributed by atoms with Crippen LogP contribution >= 0.6 is 0 Å². The molecule has 0 heterocycles. The first-order valence-electron chi connectivity index (χ1n) is 9.14. The lowest BCUT2D eigenvalue weighted by molar-refractivity contribution is 0.00115. The minimum Gasteiger partial charge on any atom is -0.508 e. The van der Waals surface area contributed by atoms with Crippen molar-refractivity contribution in [2.24, 2.45) is 17.3 Å². The van der Waals surface area contributed by atoms with Gasteiger partial charge in [-0.1, -0.05) is 19.1 Å². The summed E-state index contributed by atoms with van der Waals surface area (Å²) >= 11 is 0. The van der Waals surface area contributed by atoms with Crippen LogP contribution in [0.2, 0.25) is 0 Å². The van der Waals surface area contributed by atoms with E-state index in [1.807, 2.05) is 13.0 Å². The zero-order valence-corrected chi connectivity index (χ0v) is 14.6. The molecular weight excluding hydrogens is 303 g/mol. The molecule has 6 atom stereocenters. The third kappa shape index (κ3) is 2.24. The molecule has 2 nitrogen and oxygen atoms in total. The van der Waals surface area contributed by atoms with E-state index in [4.69, 9.17) is 0 Å². The summed E-state index contributed by atoms with van der Waals surface area (Å²) in [4.78, 5) is 0. The lowest BCUT2D eigenvalue weighted by Crippen LogP contribution is -2.45. The van der Waals surface area contributed by atoms with Crippen LogP contribution in [0.4, 0.5) is 4.39 Å². The molecule has 1 aromatic rings. The highest BCUT2D eigenvalue weighted by Gasteiger charge is 2.56. The van der Waals surface area contributed by atoms with E-state index >= 15 is 4.39 Å². The molecule has 1 aromatic carbocycles. The molecule has 0 spiro atoms. The van der Waals surface area contributed by atoms with Gasteiger partial charge < -0.3 is 10.2 Å². The molecule has 0 aromatic heterocycles. The maximum Gasteiger partial charge on any atom is 0.116 e. The van der Waals surface area contributed by atoms with E-state index in [9.17, 15) is 10.2 Å². The summed E-state index contributed by atoms with van der Waals surface area (Å²) in [6.45, 7) is 8.15. The molecule has 0 aliphatic heterocycles. The molecule has 0 bridgehead atoms. The number of phenolic OH excluding ortho intramolecular Hbond substituents is 1. The van der Waals surface area contributed by atoms with Crippen molar-refractivity contribution in [1.82, 2.24) is 0 Å². The van der Waals surface area contributed by atoms with Gasteiger partial charge in [-0.05, 0) is 85.1 Å². The quantitative estimate of drug-likeness (QED) is 0.790. The van der Waals surface area contributed by atoms with Crippen molar-refractivity contribution >= 4 is 5.57 Å². The first-order chi connectivity index (χ1) is 11.3. The number of hydrogen-bond acceptors (Lipinski definition) is 2. The number of aliphatic hydroxyl groups excluding tert-OH is 1. The summed E-state index contributed by atoms with van der Waals surface area (Å²) in [7, 11) is 0. The number of hydrogen-bond donors (Lipinski definition) is 2. The number of rotatable bonds is 1. The van der Waals surface area contributed by atoms with E-state index in [-0.39, 0.29) is 29.1 Å². The van der Waals surface area contributed by atoms with E-state index in [0.717, 1.165) is 47.9 Å². The second-order valence-electron chi connectivity index (χ2n) is 8.65. The topological polar surface area (TPSA) is 40.5 Å². The third-order valence-electron chi connectivity index (χ3n) is 6.94. The lowest BCUT2D eigenvalue weighted by Gasteiger charge is -2.51. The molecular formula is C21H27FO2. The highest BCUT2D eigenvalue weighted by atomic mass is 19.1. The second-order valence-corrected chi connectivity index (χ2v) is 8.65. The fraction of sp³-hybridized carbons (Fsp3) is 0.619. The van der Waals surface area contributed by atoms with Crippen LogP contribution in [0.5, 0.6) is 5.75 Å². The largest absolute Gasteiger partial charge is 0.508 e. The number of aryl methyl sites for hydroxylation is 1. The number of benzene rings is 1. The number of aliphatic hydroxyl groups is 1. The van der Waals surface area contributed by atoms with Gasteiger partial charge in [0.1, 0.15) is 11.9 Å². The average molecular weight is 330 g/mol. The van der Waals surface area contributed by atoms with Crippen LogP contribution in [0.1, 0.15) is 62.1 Å². The van der Waals surface area contributed by atoms with Gasteiger partial charge in [0.05, 0.1) is 6.10 Å². The molecule has 3 aliphatic carbocycles. The number of alkyl halides is 1. The Labute approximate surface area is 143 Å². The molecule has 0 radical (unpaired) electrons. The number of fused-ring (bicyclic) bond motifs is 5. The molecule has 0 unspecified atom stereocenters. The van der Waals surface area contributed by atoms with Gasteiger partial charge in [0.25, 0.3) is 0 Å². The molecule has 3 heteroatoms. The summed E-state index contributed by atoms with van der Waals surface area (Å²) < 4.78 is 15.4. The average Bonchev–Trinajstić information content (AvgIpc) is 2.79. The SMILES string of the molecule is C=C(C)c1cc(O)cc2c1[C@@H]1[C@@H](CC2)[C@@H]2C[C@@H](O)C[C@@]2(C)C[C@@H]1F. The summed E-state index contributed by atoms with van der Waals surface area (Å²) in [6, 6.07) is 3.55. The number of aromatic hydroxyl groups is 1. The van der Waals surface area contributed by atoms with Crippen LogP contribution in [0.25, 0.3) is 5.57 Å². The molecule has 0 saturated heterocycles. The van der Waals surface area contributed by atoms with Gasteiger partial charge in [0.15, 0.2) is 0 Å². The molecule has 0 amide bonds. The Bertz CT molecular complexity index is 697. The van der Waals surface area contributed by atoms with Crippen LogP contribution in [0, 0.1) is 17.3 Å². The lowest BCUT2D eigenvalue weighted by atomic mass is 9.54. The first kappa shape index (κ1) is 16.1. The Kier molecular flexibility index (Phi) is 3.58. The van der Waals surface area contributed by atoms with Gasteiger partial charge in [-0.25, -0.2) is 4.39 Å². The maximum atomic E-state index is 15.4. The Hall–Kier alpha value is -1.35. The van der Waals surface area contributed by atoms with Crippen molar-refractivity contribution < 1.29 is 14.6 Å². The first-order valence-corrected chi connectivity index (χ1v) is 9.14. The Morgan fingerprint density at radius 2 is 2.08 bits per heavy atom. The van der Waals surface area contributed by atoms with E-state index in [1.165, 1.54) is 0 Å². The fourth-order valence-corrected chi connectivity index (χ4v) is 6.12. The van der Waals surface area contributed by atoms with E-state index in [1.54, 1.807) is 6.07 Å². The minimum absolute atomic E-state index is 0.0716. The standard InChI is InChI=1S/C21H27FO2/c1-11(2)16-7-13(23)6-12-4-5-15-17-8-14(24)9-21(17,3)10-18(22)20(15)19(12)16/h6-7,14-15,17-18,20,23-24H,1,4-5,8-10H2,2-3H3/t14-,15+,17+,18+,20-,21+/m1/s1. The van der Waals surface area contributed by atoms with Crippen molar-refractivity contribution in [1.29, 1.82) is 0 Å². The van der Waals surface area contributed by atoms with Gasteiger partial charge in [-0.3, -0.25) is 0 Å². The van der Waals surface area contributed by atoms with Crippen molar-refractivity contribution in [2.75, 3.05) is 0 Å². The summed E-state index contributed by atoms with van der Waals surface area (Å²) in [5, 5.41) is 20.2. The third-order valence-corrected chi connectivity index (χ3v) is 6.94. The van der Waals surface area contributed by atoms with Crippen LogP contribution in [-0.4, -0.2) is 22.5 Å². The van der Waals surface area contributed by atoms with Crippen LogP contribution in [0.15, 0.2) is 18.7 Å². The predicted octanol–water partition coefficient (Wildman–Crippen LogP) is 4.59. The van der Waals surface area contributed by atoms with Gasteiger partial charge in [-0.2, -0.15) is 0 Å². The smallest absolute Gasteiger partial charge is 0.116 e. The normalized spacial score (nSPS) is 40.6. The molecule has 130 valence electrons. The van der Waals surface area contributed by atoms with Gasteiger partial charge in [-0.15, -0.1) is 0 Å². The van der Waals surface area contributed by atoms with Crippen molar-refractivity contribution in [3.05, 3.63) is 35.4 Å². The predicted molar refractivity (Wildman–Crippen MR) is 93.7 cm³/mol. The molecule has 2 N–H and O–H groups in total. The second kappa shape index (κ2) is 5.32. The summed E-state index contributed by atoms with van der Waals surface area (Å²) in [5.74, 6) is 0.803. The molecule has 24 heavy (non-hydrogen) atoms. The Morgan fingerprint density at radius 1 is 1.33 bits per heavy atom. The van der Waals surface area contributed by atoms with Crippen LogP contribution in [0.3, 0.4) is 0 Å². The molecule has 3 aliphatic rings. The number of halogens is 1. The zero-order chi connectivity index (χ0) is 17.2. The van der Waals surface area contributed by atoms with Crippen molar-refractivity contribution in [3.8, 4) is 5.75 Å². The fourth-order valence-electron chi connectivity index (χ4n) is 6.12. The van der Waals surface area contributed by atoms with Gasteiger partial charge in [0.2, 0.25) is 0 Å². The number of allylic oxidation sites excluding steroid dienone is 1. The summed E-state index contributed by atoms with van der Waals surface area (Å²) in [5.41, 5.74) is 3.89. The summed E-state index contributed by atoms with van der Waals surface area (Å²) in [6.07, 6.45) is 2.73. The van der Waals surface area contributed by atoms with Gasteiger partial charge >= 0.3 is 0 Å². The van der Waals surface area contributed by atoms with Crippen LogP contribution in [-0.2, 0) is 6.42 Å². The van der Waals surface area contributed by atoms with Gasteiger partial charge in [0, 0.05) is 5.92 Å². The highest BCUT2D eigenvalue weighted by Crippen LogP contribution is 2.62. The zero-order valence-electron chi connectivity index (χ0n) is 14.6. The van der Waals surface area contributed by atoms with Crippen molar-refractivity contribution in [2.45, 2.75) is 64.1 Å². The minimum atomic E-state index is -0.886. The van der Waals surface area contributed by atoms with Crippen molar-refractivity contribution in [3.63, 3.8) is 0 Å². The molecule has 2 fully saturated rings. The maximum absolute atomic E-state index is 15.4. The number of phenols is 1. The Balaban J connectivity index is 1.83. The monoisotopic (exact) mass is 330 g/mol. The van der Waals surface area contributed by atoms with E-state index in [2.05, 4.69) is 13.5 Å². The van der Waals surface area contributed by atoms with E-state index in [0.29, 0.717) is 12.3 Å². The highest BCUT2D eigenvalue weighted by molar-refractivity contribution is 5.69. The van der Waals surface area contributed by atoms with E-state index < -0.39 is 6.17 Å².